The van der Waals surface area contributed by atoms with Crippen LogP contribution in [0.4, 0.5) is 0 Å². The van der Waals surface area contributed by atoms with Crippen LogP contribution in [0.3, 0.4) is 0 Å². The zero-order valence-electron chi connectivity index (χ0n) is 14.3. The number of para-hydroxylation sites is 2. The number of rotatable bonds is 10. The lowest BCUT2D eigenvalue weighted by Gasteiger charge is -2.14. The molecule has 0 spiro atoms. The van der Waals surface area contributed by atoms with Crippen LogP contribution in [0.1, 0.15) is 12.0 Å². The zero-order chi connectivity index (χ0) is 17.2. The summed E-state index contributed by atoms with van der Waals surface area (Å²) in [6, 6.07) is 13.6. The molecule has 0 aliphatic heterocycles. The fourth-order valence-corrected chi connectivity index (χ4v) is 2.34. The first kappa shape index (κ1) is 17.7. The van der Waals surface area contributed by atoms with Gasteiger partial charge in [-0.05, 0) is 30.2 Å². The number of benzene rings is 2. The maximum Gasteiger partial charge on any atom is 0.203 e. The first-order valence-corrected chi connectivity index (χ1v) is 7.95. The van der Waals surface area contributed by atoms with Crippen LogP contribution in [0.25, 0.3) is 0 Å². The quantitative estimate of drug-likeness (QED) is 0.482. The van der Waals surface area contributed by atoms with Gasteiger partial charge >= 0.3 is 0 Å². The van der Waals surface area contributed by atoms with Gasteiger partial charge in [0, 0.05) is 6.42 Å². The Labute approximate surface area is 143 Å². The van der Waals surface area contributed by atoms with Gasteiger partial charge in [-0.3, -0.25) is 0 Å². The monoisotopic (exact) mass is 328 g/mol. The van der Waals surface area contributed by atoms with E-state index in [2.05, 4.69) is 6.58 Å². The highest BCUT2D eigenvalue weighted by molar-refractivity contribution is 5.51. The average molecular weight is 328 g/mol. The molecule has 2 aromatic carbocycles. The molecule has 0 fully saturated rings. The van der Waals surface area contributed by atoms with E-state index in [-0.39, 0.29) is 0 Å². The van der Waals surface area contributed by atoms with E-state index in [1.807, 2.05) is 48.5 Å². The van der Waals surface area contributed by atoms with Gasteiger partial charge in [0.25, 0.3) is 0 Å². The van der Waals surface area contributed by atoms with Crippen molar-refractivity contribution in [3.8, 4) is 23.0 Å². The molecule has 0 saturated carbocycles. The van der Waals surface area contributed by atoms with Crippen molar-refractivity contribution < 1.29 is 18.9 Å². The molecule has 0 radical (unpaired) electrons. The highest BCUT2D eigenvalue weighted by Crippen LogP contribution is 2.36. The summed E-state index contributed by atoms with van der Waals surface area (Å²) in [6.07, 6.45) is 3.42. The van der Waals surface area contributed by atoms with Gasteiger partial charge in [0.1, 0.15) is 5.75 Å². The van der Waals surface area contributed by atoms with Gasteiger partial charge in [-0.25, -0.2) is 0 Å². The van der Waals surface area contributed by atoms with Gasteiger partial charge in [-0.2, -0.15) is 0 Å². The summed E-state index contributed by atoms with van der Waals surface area (Å²) in [5.74, 6) is 2.83. The second kappa shape index (κ2) is 9.50. The van der Waals surface area contributed by atoms with Gasteiger partial charge in [-0.15, -0.1) is 6.58 Å². The Bertz CT molecular complexity index is 630. The molecule has 0 heterocycles. The number of hydrogen-bond acceptors (Lipinski definition) is 4. The van der Waals surface area contributed by atoms with E-state index in [0.29, 0.717) is 30.5 Å². The minimum atomic E-state index is 0.514. The molecular weight excluding hydrogens is 304 g/mol. The van der Waals surface area contributed by atoms with Crippen LogP contribution in [-0.2, 0) is 6.42 Å². The third-order valence-electron chi connectivity index (χ3n) is 3.51. The van der Waals surface area contributed by atoms with E-state index >= 15 is 0 Å². The van der Waals surface area contributed by atoms with Gasteiger partial charge in [0.05, 0.1) is 27.4 Å². The summed E-state index contributed by atoms with van der Waals surface area (Å²) < 4.78 is 22.3. The summed E-state index contributed by atoms with van der Waals surface area (Å²) in [6.45, 7) is 4.86. The summed E-state index contributed by atoms with van der Waals surface area (Å²) in [5.41, 5.74) is 1.14. The molecule has 0 amide bonds. The molecule has 128 valence electrons. The zero-order valence-corrected chi connectivity index (χ0v) is 14.3. The van der Waals surface area contributed by atoms with E-state index in [1.54, 1.807) is 14.2 Å². The third kappa shape index (κ3) is 4.69. The molecule has 0 aliphatic carbocycles. The molecule has 0 atom stereocenters. The van der Waals surface area contributed by atoms with Crippen LogP contribution in [0, 0.1) is 0 Å². The van der Waals surface area contributed by atoms with Crippen LogP contribution in [-0.4, -0.2) is 27.4 Å². The molecule has 2 rings (SSSR count). The Balaban J connectivity index is 1.85. The lowest BCUT2D eigenvalue weighted by atomic mass is 10.1. The Morgan fingerprint density at radius 2 is 1.46 bits per heavy atom. The summed E-state index contributed by atoms with van der Waals surface area (Å²) in [5, 5.41) is 0. The van der Waals surface area contributed by atoms with Crippen molar-refractivity contribution in [2.75, 3.05) is 27.4 Å². The summed E-state index contributed by atoms with van der Waals surface area (Å²) >= 11 is 0. The van der Waals surface area contributed by atoms with Crippen LogP contribution in [0.2, 0.25) is 0 Å². The summed E-state index contributed by atoms with van der Waals surface area (Å²) in [7, 11) is 3.22. The topological polar surface area (TPSA) is 36.9 Å². The Hall–Kier alpha value is -2.62. The largest absolute Gasteiger partial charge is 0.493 e. The Kier molecular flexibility index (Phi) is 7.02. The van der Waals surface area contributed by atoms with Crippen molar-refractivity contribution in [2.24, 2.45) is 0 Å². The second-order valence-electron chi connectivity index (χ2n) is 5.14. The van der Waals surface area contributed by atoms with Crippen molar-refractivity contribution in [3.63, 3.8) is 0 Å². The molecular formula is C20H24O4. The fourth-order valence-electron chi connectivity index (χ4n) is 2.34. The second-order valence-corrected chi connectivity index (χ2v) is 5.14. The normalized spacial score (nSPS) is 10.1. The van der Waals surface area contributed by atoms with Crippen molar-refractivity contribution >= 4 is 0 Å². The minimum Gasteiger partial charge on any atom is -0.493 e. The van der Waals surface area contributed by atoms with E-state index < -0.39 is 0 Å². The highest BCUT2D eigenvalue weighted by atomic mass is 16.5. The van der Waals surface area contributed by atoms with Crippen molar-refractivity contribution in [1.29, 1.82) is 0 Å². The Morgan fingerprint density at radius 1 is 0.833 bits per heavy atom. The number of ether oxygens (including phenoxy) is 4. The standard InChI is InChI=1S/C20H24O4/c1-4-9-16-10-5-6-11-17(16)23-14-8-15-24-20-18(21-2)12-7-13-19(20)22-3/h4-7,10-13H,1,8-9,14-15H2,2-3H3. The van der Waals surface area contributed by atoms with Crippen LogP contribution in [0.15, 0.2) is 55.1 Å². The maximum atomic E-state index is 5.85. The van der Waals surface area contributed by atoms with Crippen LogP contribution < -0.4 is 18.9 Å². The highest BCUT2D eigenvalue weighted by Gasteiger charge is 2.11. The van der Waals surface area contributed by atoms with Gasteiger partial charge in [-0.1, -0.05) is 30.3 Å². The maximum absolute atomic E-state index is 5.85. The predicted octanol–water partition coefficient (Wildman–Crippen LogP) is 4.28. The third-order valence-corrected chi connectivity index (χ3v) is 3.51. The molecule has 24 heavy (non-hydrogen) atoms. The number of hydrogen-bond donors (Lipinski definition) is 0. The summed E-state index contributed by atoms with van der Waals surface area (Å²) in [4.78, 5) is 0. The number of allylic oxidation sites excluding steroid dienone is 1. The van der Waals surface area contributed by atoms with E-state index in [4.69, 9.17) is 18.9 Å². The van der Waals surface area contributed by atoms with Crippen molar-refractivity contribution in [3.05, 3.63) is 60.7 Å². The van der Waals surface area contributed by atoms with Gasteiger partial charge in [0.15, 0.2) is 11.5 Å². The molecule has 0 saturated heterocycles. The fraction of sp³-hybridized carbons (Fsp3) is 0.300. The molecule has 4 heteroatoms. The van der Waals surface area contributed by atoms with Crippen LogP contribution in [0.5, 0.6) is 23.0 Å². The van der Waals surface area contributed by atoms with E-state index in [1.165, 1.54) is 0 Å². The SMILES string of the molecule is C=CCc1ccccc1OCCCOc1c(OC)cccc1OC. The lowest BCUT2D eigenvalue weighted by Crippen LogP contribution is -2.07. The predicted molar refractivity (Wildman–Crippen MR) is 95.5 cm³/mol. The first-order valence-electron chi connectivity index (χ1n) is 7.95. The van der Waals surface area contributed by atoms with Crippen LogP contribution >= 0.6 is 0 Å². The van der Waals surface area contributed by atoms with E-state index in [0.717, 1.165) is 24.2 Å². The average Bonchev–Trinajstić information content (AvgIpc) is 2.62. The lowest BCUT2D eigenvalue weighted by molar-refractivity contribution is 0.232. The molecule has 0 unspecified atom stereocenters. The van der Waals surface area contributed by atoms with Gasteiger partial charge in [0.2, 0.25) is 5.75 Å². The first-order chi connectivity index (χ1) is 11.8. The van der Waals surface area contributed by atoms with Gasteiger partial charge < -0.3 is 18.9 Å². The number of methoxy groups -OCH3 is 2. The van der Waals surface area contributed by atoms with E-state index in [9.17, 15) is 0 Å². The molecule has 2 aromatic rings. The Morgan fingerprint density at radius 3 is 2.12 bits per heavy atom. The molecule has 0 N–H and O–H groups in total. The smallest absolute Gasteiger partial charge is 0.203 e. The minimum absolute atomic E-state index is 0.514. The molecule has 0 aromatic heterocycles. The molecule has 4 nitrogen and oxygen atoms in total. The van der Waals surface area contributed by atoms with Crippen molar-refractivity contribution in [2.45, 2.75) is 12.8 Å². The molecule has 0 aliphatic rings. The van der Waals surface area contributed by atoms with Crippen molar-refractivity contribution in [1.82, 2.24) is 0 Å². The molecule has 0 bridgehead atoms.